The molecule has 0 saturated carbocycles. The summed E-state index contributed by atoms with van der Waals surface area (Å²) in [5.41, 5.74) is 34.8. The van der Waals surface area contributed by atoms with E-state index in [2.05, 4.69) is 171 Å². The molecule has 147 heavy (non-hydrogen) atoms. The molecule has 30 atom stereocenters. The van der Waals surface area contributed by atoms with E-state index in [0.29, 0.717) is 12.8 Å². The van der Waals surface area contributed by atoms with E-state index in [1.54, 1.807) is 13.8 Å². The second-order valence-corrected chi connectivity index (χ2v) is 55.6. The lowest BCUT2D eigenvalue weighted by molar-refractivity contribution is -0.378. The number of rotatable bonds is 41. The normalized spacial score (nSPS) is 31.0. The van der Waals surface area contributed by atoms with Crippen molar-refractivity contribution in [2.75, 3.05) is 26.4 Å². The van der Waals surface area contributed by atoms with E-state index in [0.717, 1.165) is 47.8 Å². The molecule has 12 unspecified atom stereocenters. The standard InChI is InChI=1S/C114H145N9O21Si3/c1-18-19-47-66-127-106-92(118-121-115)74(3)98(89(137-106)70-131-145(112(9,10)11,83-54-35-23-36-55-83)84-56-37-24-38-57-84)141-110-96(125)104(129-68-81-50-31-21-32-51-81)102(78(7)135-110)144-108-94(120-123-117)76(5)100(91(139-108)72-133-147(114(15,16)17,87-62-43-27-44-63-87)88-64-45-28-46-65-88)142-111-97(126)105(130-69-82-52-33-22-34-53-82)103(79(8)136-111)143-107-93(119-122-116)75(4)99(140-109-95(124)101(73(2)77(6)134-109)128-67-80-48-29-20-30-49-80)90(138-107)71-132-146(113(12,13)14,85-58-39-25-40-59-85)86-60-41-26-42-61-86/h1,20-46,48-65,73-79,89-111,124-126H,19,47,66-72H2,2-17H3/t73-,74-,75-,76-,77?,78?,79?,89?,90?,91?,92?,93?,94?,95?,96?,97?,98+,99+,100+,101-,102-,103-,104+,105+,106-,107+,108+,109+,110+,111+/m1/s1. The number of hydrogen-bond acceptors (Lipinski definition) is 24. The molecule has 0 spiro atoms. The van der Waals surface area contributed by atoms with Gasteiger partial charge in [0.25, 0.3) is 25.0 Å². The number of azide groups is 3. The third-order valence-electron chi connectivity index (χ3n) is 30.0. The van der Waals surface area contributed by atoms with E-state index in [1.165, 1.54) is 0 Å². The Morgan fingerprint density at radius 1 is 0.306 bits per heavy atom. The first kappa shape index (κ1) is 111. The maximum Gasteiger partial charge on any atom is 0.261 e. The zero-order chi connectivity index (χ0) is 104. The first-order valence-corrected chi connectivity index (χ1v) is 57.2. The number of aliphatic hydroxyl groups excluding tert-OH is 3. The second kappa shape index (κ2) is 50.5. The van der Waals surface area contributed by atoms with Gasteiger partial charge in [-0.15, -0.1) is 12.3 Å². The lowest BCUT2D eigenvalue weighted by Gasteiger charge is -2.52. The fourth-order valence-corrected chi connectivity index (χ4v) is 35.9. The Bertz CT molecular complexity index is 5650. The highest BCUT2D eigenvalue weighted by Gasteiger charge is 2.62. The Morgan fingerprint density at radius 2 is 0.551 bits per heavy atom. The van der Waals surface area contributed by atoms with Gasteiger partial charge in [-0.1, -0.05) is 378 Å². The van der Waals surface area contributed by atoms with E-state index in [9.17, 15) is 31.9 Å². The molecule has 0 aromatic heterocycles. The third kappa shape index (κ3) is 25.0. The molecule has 784 valence electrons. The number of nitrogens with zero attached hydrogens (tertiary/aromatic N) is 9. The number of ether oxygens (including phenoxy) is 15. The number of hydrogen-bond donors (Lipinski definition) is 3. The van der Waals surface area contributed by atoms with Crippen LogP contribution < -0.4 is 31.1 Å². The van der Waals surface area contributed by atoms with Crippen LogP contribution in [0.5, 0.6) is 0 Å². The minimum atomic E-state index is -3.54. The SMILES string of the molecule is C#CCCCO[C@@H]1OC(CO[Si](c2ccccc2)(c2ccccc2)C(C)(C)C)[C@@H](O[C@@H]2OC(C)[C@@H](O[C@@H]3OC(CO[Si](c4ccccc4)(c4ccccc4)C(C)(C)C)[C@@H](O[C@@H]4OC(C)[C@@H](O[C@@H]5OC(CO[Si](c6ccccc6)(c6ccccc6)C(C)(C)C)[C@@H](O[C@@H]6OC(C)[C@@H](C)[C@@H](OCc7ccccc7)C6O)[C@H](C)C5N=[N+]=[N-])[C@@H](OCc5ccccc5)C4O)[C@H](C)C3N=[N+]=[N-])[C@@H](OCc3ccccc3)C2O)[C@H](C)C1N=[N+]=[N-]. The predicted octanol–water partition coefficient (Wildman–Crippen LogP) is 16.9. The number of benzene rings is 9. The largest absolute Gasteiger partial charge is 0.405 e. The summed E-state index contributed by atoms with van der Waals surface area (Å²) < 4.78 is 130. The summed E-state index contributed by atoms with van der Waals surface area (Å²) in [7, 11) is -10.3. The molecule has 6 saturated heterocycles. The van der Waals surface area contributed by atoms with Crippen molar-refractivity contribution >= 4 is 56.1 Å². The molecule has 0 aliphatic carbocycles. The lowest BCUT2D eigenvalue weighted by Crippen LogP contribution is -2.69. The van der Waals surface area contributed by atoms with Crippen LogP contribution in [-0.4, -0.2) is 226 Å². The van der Waals surface area contributed by atoms with Gasteiger partial charge in [0.2, 0.25) is 0 Å². The van der Waals surface area contributed by atoms with Gasteiger partial charge in [0.05, 0.1) is 107 Å². The Balaban J connectivity index is 0.776. The summed E-state index contributed by atoms with van der Waals surface area (Å²) in [5.74, 6) is -0.0147. The summed E-state index contributed by atoms with van der Waals surface area (Å²) in [5, 5.41) is 57.7. The van der Waals surface area contributed by atoms with Gasteiger partial charge in [0.1, 0.15) is 61.0 Å². The van der Waals surface area contributed by atoms with Gasteiger partial charge in [-0.25, -0.2) is 0 Å². The smallest absolute Gasteiger partial charge is 0.261 e. The van der Waals surface area contributed by atoms with Crippen molar-refractivity contribution in [3.63, 3.8) is 0 Å². The average molecular weight is 2060 g/mol. The van der Waals surface area contributed by atoms with E-state index in [4.69, 9.17) is 90.8 Å². The highest BCUT2D eigenvalue weighted by Crippen LogP contribution is 2.47. The summed E-state index contributed by atoms with van der Waals surface area (Å²) in [6, 6.07) is 86.3. The monoisotopic (exact) mass is 2060 g/mol. The Kier molecular flexibility index (Phi) is 38.3. The number of unbranched alkanes of at least 4 members (excludes halogenated alkanes) is 1. The Morgan fingerprint density at radius 3 is 0.823 bits per heavy atom. The molecule has 9 aromatic rings. The molecule has 15 rings (SSSR count). The Labute approximate surface area is 867 Å². The number of aliphatic hydroxyl groups is 3. The fraction of sp³-hybridized carbons (Fsp3) is 0.509. The lowest BCUT2D eigenvalue weighted by atomic mass is 9.87. The predicted molar refractivity (Wildman–Crippen MR) is 567 cm³/mol. The zero-order valence-electron chi connectivity index (χ0n) is 87.0. The van der Waals surface area contributed by atoms with Gasteiger partial charge in [-0.05, 0) is 124 Å². The van der Waals surface area contributed by atoms with Crippen LogP contribution in [0.2, 0.25) is 15.1 Å². The van der Waals surface area contributed by atoms with Crippen LogP contribution in [0.25, 0.3) is 31.3 Å². The van der Waals surface area contributed by atoms with E-state index < -0.39 is 217 Å². The Hall–Kier alpha value is -9.72. The maximum atomic E-state index is 13.8. The molecular weight excluding hydrogens is 1920 g/mol. The zero-order valence-corrected chi connectivity index (χ0v) is 90.0. The first-order valence-electron chi connectivity index (χ1n) is 51.4. The maximum absolute atomic E-state index is 13.8. The summed E-state index contributed by atoms with van der Waals surface area (Å²) in [6.07, 6.45) is -21.5. The van der Waals surface area contributed by atoms with Crippen molar-refractivity contribution in [2.24, 2.45) is 39.0 Å². The molecule has 0 amide bonds. The fourth-order valence-electron chi connectivity index (χ4n) is 22.2. The van der Waals surface area contributed by atoms with Crippen molar-refractivity contribution < 1.29 is 99.7 Å². The van der Waals surface area contributed by atoms with Crippen LogP contribution in [-0.2, 0) is 104 Å². The van der Waals surface area contributed by atoms with Gasteiger partial charge >= 0.3 is 0 Å². The van der Waals surface area contributed by atoms with Crippen LogP contribution in [0.3, 0.4) is 0 Å². The van der Waals surface area contributed by atoms with Crippen molar-refractivity contribution in [2.45, 2.75) is 318 Å². The van der Waals surface area contributed by atoms with E-state index in [-0.39, 0.29) is 52.2 Å². The van der Waals surface area contributed by atoms with Gasteiger partial charge < -0.3 is 99.7 Å². The first-order chi connectivity index (χ1) is 70.8. The molecule has 0 bridgehead atoms. The molecule has 33 heteroatoms. The van der Waals surface area contributed by atoms with Crippen LogP contribution in [0.1, 0.15) is 140 Å². The molecule has 3 N–H and O–H groups in total. The van der Waals surface area contributed by atoms with Crippen LogP contribution >= 0.6 is 0 Å². The highest BCUT2D eigenvalue weighted by atomic mass is 28.4. The third-order valence-corrected chi connectivity index (χ3v) is 45.0. The molecule has 30 nitrogen and oxygen atoms in total. The average Bonchev–Trinajstić information content (AvgIpc) is 0.746. The highest BCUT2D eigenvalue weighted by molar-refractivity contribution is 7.00. The minimum absolute atomic E-state index is 0.0434. The number of terminal acetylenes is 1. The van der Waals surface area contributed by atoms with Gasteiger partial charge in [-0.2, -0.15) is 0 Å². The quantitative estimate of drug-likeness (QED) is 0.00800. The van der Waals surface area contributed by atoms with E-state index >= 15 is 0 Å². The summed E-state index contributed by atoms with van der Waals surface area (Å²) in [4.78, 5) is 10.3. The molecule has 6 aliphatic heterocycles. The van der Waals surface area contributed by atoms with Gasteiger partial charge in [0.15, 0.2) is 37.7 Å². The summed E-state index contributed by atoms with van der Waals surface area (Å²) >= 11 is 0. The van der Waals surface area contributed by atoms with Crippen molar-refractivity contribution in [3.8, 4) is 12.3 Å². The van der Waals surface area contributed by atoms with Crippen LogP contribution in [0.15, 0.2) is 288 Å². The molecule has 6 aliphatic rings. The van der Waals surface area contributed by atoms with Crippen molar-refractivity contribution in [1.82, 2.24) is 0 Å². The molecule has 9 aromatic carbocycles. The van der Waals surface area contributed by atoms with Crippen molar-refractivity contribution in [1.29, 1.82) is 0 Å². The summed E-state index contributed by atoms with van der Waals surface area (Å²) in [6.45, 7) is 32.5. The molecule has 6 fully saturated rings. The molecular formula is C114H145N9O21Si3. The van der Waals surface area contributed by atoms with Crippen LogP contribution in [0.4, 0.5) is 0 Å². The molecule has 6 heterocycles. The van der Waals surface area contributed by atoms with Gasteiger partial charge in [-0.3, -0.25) is 0 Å². The minimum Gasteiger partial charge on any atom is -0.405 e. The topological polar surface area (TPSA) is 373 Å². The van der Waals surface area contributed by atoms with Gasteiger partial charge in [0, 0.05) is 27.1 Å². The molecule has 0 radical (unpaired) electrons. The van der Waals surface area contributed by atoms with Crippen molar-refractivity contribution in [3.05, 3.63) is 321 Å². The second-order valence-electron chi connectivity index (χ2n) is 42.6. The van der Waals surface area contributed by atoms with Crippen LogP contribution in [0, 0.1) is 36.0 Å². The van der Waals surface area contributed by atoms with E-state index in [1.807, 2.05) is 235 Å².